The van der Waals surface area contributed by atoms with E-state index in [4.69, 9.17) is 0 Å². The molecule has 100 valence electrons. The Bertz CT molecular complexity index is 502. The summed E-state index contributed by atoms with van der Waals surface area (Å²) in [5.41, 5.74) is 1.07. The van der Waals surface area contributed by atoms with E-state index in [-0.39, 0.29) is 6.04 Å². The number of aromatic nitrogens is 2. The summed E-state index contributed by atoms with van der Waals surface area (Å²) >= 11 is 0. The van der Waals surface area contributed by atoms with Gasteiger partial charge in [-0.2, -0.15) is 0 Å². The smallest absolute Gasteiger partial charge is 0.145 e. The minimum absolute atomic E-state index is 0.0722. The van der Waals surface area contributed by atoms with Crippen molar-refractivity contribution in [3.8, 4) is 5.75 Å². The molecule has 1 aromatic carbocycles. The molecule has 0 saturated heterocycles. The molecule has 0 radical (unpaired) electrons. The van der Waals surface area contributed by atoms with Gasteiger partial charge in [-0.25, -0.2) is 9.97 Å². The number of rotatable bonds is 6. The molecule has 1 atom stereocenters. The van der Waals surface area contributed by atoms with Gasteiger partial charge in [0.05, 0.1) is 6.04 Å². The van der Waals surface area contributed by atoms with Gasteiger partial charge in [0.1, 0.15) is 11.6 Å². The number of aromatic hydroxyl groups is 1. The van der Waals surface area contributed by atoms with Crippen molar-refractivity contribution < 1.29 is 5.11 Å². The summed E-state index contributed by atoms with van der Waals surface area (Å²) in [7, 11) is 0. The van der Waals surface area contributed by atoms with E-state index < -0.39 is 0 Å². The third-order valence-electron chi connectivity index (χ3n) is 2.89. The van der Waals surface area contributed by atoms with Crippen molar-refractivity contribution >= 4 is 0 Å². The molecule has 0 saturated carbocycles. The summed E-state index contributed by atoms with van der Waals surface area (Å²) in [6, 6.07) is 9.20. The van der Waals surface area contributed by atoms with Gasteiger partial charge >= 0.3 is 0 Å². The minimum Gasteiger partial charge on any atom is -0.508 e. The highest BCUT2D eigenvalue weighted by Gasteiger charge is 2.14. The normalized spacial score (nSPS) is 12.3. The summed E-state index contributed by atoms with van der Waals surface area (Å²) in [4.78, 5) is 8.63. The molecule has 2 N–H and O–H groups in total. The van der Waals surface area contributed by atoms with Crippen molar-refractivity contribution in [2.75, 3.05) is 6.54 Å². The zero-order chi connectivity index (χ0) is 13.5. The van der Waals surface area contributed by atoms with Crippen LogP contribution in [0.1, 0.15) is 30.8 Å². The second-order valence-corrected chi connectivity index (χ2v) is 4.49. The maximum Gasteiger partial charge on any atom is 0.145 e. The number of benzene rings is 1. The molecule has 2 rings (SSSR count). The second kappa shape index (κ2) is 6.85. The Hall–Kier alpha value is -1.94. The highest BCUT2D eigenvalue weighted by molar-refractivity contribution is 5.28. The second-order valence-electron chi connectivity index (χ2n) is 4.49. The molecule has 1 aromatic heterocycles. The Kier molecular flexibility index (Phi) is 4.86. The molecule has 1 heterocycles. The molecule has 0 aliphatic heterocycles. The summed E-state index contributed by atoms with van der Waals surface area (Å²) in [6.07, 6.45) is 5.33. The molecule has 0 spiro atoms. The lowest BCUT2D eigenvalue weighted by Gasteiger charge is -2.17. The molecular formula is C15H19N3O. The van der Waals surface area contributed by atoms with Gasteiger partial charge in [-0.1, -0.05) is 19.1 Å². The molecule has 19 heavy (non-hydrogen) atoms. The fraction of sp³-hybridized carbons (Fsp3) is 0.333. The maximum absolute atomic E-state index is 9.52. The van der Waals surface area contributed by atoms with E-state index in [1.54, 1.807) is 24.5 Å². The summed E-state index contributed by atoms with van der Waals surface area (Å²) in [6.45, 7) is 3.05. The Morgan fingerprint density at radius 2 is 2.00 bits per heavy atom. The van der Waals surface area contributed by atoms with Crippen LogP contribution in [-0.2, 0) is 6.42 Å². The Morgan fingerprint density at radius 1 is 1.21 bits per heavy atom. The van der Waals surface area contributed by atoms with Crippen molar-refractivity contribution in [3.05, 3.63) is 54.1 Å². The number of nitrogens with one attached hydrogen (secondary N) is 1. The average molecular weight is 257 g/mol. The van der Waals surface area contributed by atoms with Crippen molar-refractivity contribution in [2.24, 2.45) is 0 Å². The van der Waals surface area contributed by atoms with Crippen LogP contribution in [0.5, 0.6) is 5.75 Å². The molecule has 0 bridgehead atoms. The van der Waals surface area contributed by atoms with Crippen LogP contribution < -0.4 is 5.32 Å². The summed E-state index contributed by atoms with van der Waals surface area (Å²) in [5, 5.41) is 13.0. The van der Waals surface area contributed by atoms with Crippen LogP contribution in [0.2, 0.25) is 0 Å². The van der Waals surface area contributed by atoms with Gasteiger partial charge in [0.15, 0.2) is 0 Å². The monoisotopic (exact) mass is 257 g/mol. The van der Waals surface area contributed by atoms with Crippen LogP contribution in [0, 0.1) is 0 Å². The standard InChI is InChI=1S/C15H19N3O/c1-2-7-16-14(15-17-8-4-9-18-15)11-12-5-3-6-13(19)10-12/h3-6,8-10,14,16,19H,2,7,11H2,1H3. The molecule has 4 heteroatoms. The predicted molar refractivity (Wildman–Crippen MR) is 74.9 cm³/mol. The first-order chi connectivity index (χ1) is 9.29. The molecule has 2 aromatic rings. The Morgan fingerprint density at radius 3 is 2.68 bits per heavy atom. The van der Waals surface area contributed by atoms with Gasteiger partial charge in [0.25, 0.3) is 0 Å². The van der Waals surface area contributed by atoms with Crippen LogP contribution in [-0.4, -0.2) is 21.6 Å². The maximum atomic E-state index is 9.52. The zero-order valence-corrected chi connectivity index (χ0v) is 11.1. The van der Waals surface area contributed by atoms with Crippen LogP contribution in [0.4, 0.5) is 0 Å². The predicted octanol–water partition coefficient (Wildman–Crippen LogP) is 2.47. The van der Waals surface area contributed by atoms with Crippen LogP contribution >= 0.6 is 0 Å². The van der Waals surface area contributed by atoms with Gasteiger partial charge in [0.2, 0.25) is 0 Å². The van der Waals surface area contributed by atoms with Crippen molar-refractivity contribution in [1.82, 2.24) is 15.3 Å². The zero-order valence-electron chi connectivity index (χ0n) is 11.1. The molecule has 4 nitrogen and oxygen atoms in total. The first kappa shape index (κ1) is 13.5. The average Bonchev–Trinajstić information content (AvgIpc) is 2.44. The minimum atomic E-state index is 0.0722. The van der Waals surface area contributed by atoms with Crippen molar-refractivity contribution in [1.29, 1.82) is 0 Å². The fourth-order valence-electron chi connectivity index (χ4n) is 1.98. The molecule has 0 amide bonds. The van der Waals surface area contributed by atoms with Gasteiger partial charge in [0, 0.05) is 12.4 Å². The topological polar surface area (TPSA) is 58.0 Å². The number of nitrogens with zero attached hydrogens (tertiary/aromatic N) is 2. The molecule has 0 fully saturated rings. The number of hydrogen-bond acceptors (Lipinski definition) is 4. The van der Waals surface area contributed by atoms with Gasteiger partial charge in [-0.3, -0.25) is 0 Å². The van der Waals surface area contributed by atoms with E-state index in [0.717, 1.165) is 30.8 Å². The third-order valence-corrected chi connectivity index (χ3v) is 2.89. The van der Waals surface area contributed by atoms with E-state index >= 15 is 0 Å². The third kappa shape index (κ3) is 4.03. The Balaban J connectivity index is 2.14. The van der Waals surface area contributed by atoms with E-state index in [2.05, 4.69) is 22.2 Å². The highest BCUT2D eigenvalue weighted by Crippen LogP contribution is 2.18. The molecule has 0 aliphatic rings. The van der Waals surface area contributed by atoms with Crippen molar-refractivity contribution in [3.63, 3.8) is 0 Å². The molecule has 0 aliphatic carbocycles. The largest absolute Gasteiger partial charge is 0.508 e. The summed E-state index contributed by atoms with van der Waals surface area (Å²) in [5.74, 6) is 1.08. The lowest BCUT2D eigenvalue weighted by atomic mass is 10.0. The van der Waals surface area contributed by atoms with Crippen molar-refractivity contribution in [2.45, 2.75) is 25.8 Å². The van der Waals surface area contributed by atoms with Crippen LogP contribution in [0.15, 0.2) is 42.7 Å². The van der Waals surface area contributed by atoms with E-state index in [1.165, 1.54) is 0 Å². The first-order valence-corrected chi connectivity index (χ1v) is 6.58. The van der Waals surface area contributed by atoms with Gasteiger partial charge in [-0.05, 0) is 43.1 Å². The van der Waals surface area contributed by atoms with Crippen LogP contribution in [0.25, 0.3) is 0 Å². The molecule has 1 unspecified atom stereocenters. The van der Waals surface area contributed by atoms with Crippen LogP contribution in [0.3, 0.4) is 0 Å². The van der Waals surface area contributed by atoms with E-state index in [1.807, 2.05) is 18.2 Å². The summed E-state index contributed by atoms with van der Waals surface area (Å²) < 4.78 is 0. The number of hydrogen-bond donors (Lipinski definition) is 2. The quantitative estimate of drug-likeness (QED) is 0.834. The SMILES string of the molecule is CCCNC(Cc1cccc(O)c1)c1ncccn1. The lowest BCUT2D eigenvalue weighted by Crippen LogP contribution is -2.25. The van der Waals surface area contributed by atoms with E-state index in [9.17, 15) is 5.11 Å². The van der Waals surface area contributed by atoms with Gasteiger partial charge in [-0.15, -0.1) is 0 Å². The first-order valence-electron chi connectivity index (χ1n) is 6.58. The number of phenols is 1. The highest BCUT2D eigenvalue weighted by atomic mass is 16.3. The van der Waals surface area contributed by atoms with E-state index in [0.29, 0.717) is 5.75 Å². The fourth-order valence-corrected chi connectivity index (χ4v) is 1.98. The number of phenolic OH excluding ortho intramolecular Hbond substituents is 1. The molecular weight excluding hydrogens is 238 g/mol. The van der Waals surface area contributed by atoms with Gasteiger partial charge < -0.3 is 10.4 Å². The Labute approximate surface area is 113 Å². The lowest BCUT2D eigenvalue weighted by molar-refractivity contribution is 0.471.